The predicted molar refractivity (Wildman–Crippen MR) is 64.7 cm³/mol. The van der Waals surface area contributed by atoms with Crippen LogP contribution in [0.15, 0.2) is 18.3 Å². The van der Waals surface area contributed by atoms with E-state index >= 15 is 0 Å². The first-order chi connectivity index (χ1) is 8.70. The Bertz CT molecular complexity index is 423. The van der Waals surface area contributed by atoms with Gasteiger partial charge in [0.1, 0.15) is 0 Å². The zero-order valence-electron chi connectivity index (χ0n) is 10.4. The standard InChI is InChI=1S/C13H17FN2O2/c1-2-18-11-4-3-7-16(9-11)13(17)10-5-6-15-12(14)8-10/h5-6,8,11H,2-4,7,9H2,1H3. The van der Waals surface area contributed by atoms with Gasteiger partial charge < -0.3 is 9.64 Å². The first-order valence-corrected chi connectivity index (χ1v) is 6.23. The van der Waals surface area contributed by atoms with E-state index in [0.717, 1.165) is 12.8 Å². The molecular weight excluding hydrogens is 235 g/mol. The van der Waals surface area contributed by atoms with Crippen LogP contribution in [0.4, 0.5) is 4.39 Å². The molecule has 0 radical (unpaired) electrons. The van der Waals surface area contributed by atoms with Gasteiger partial charge in [0.25, 0.3) is 5.91 Å². The maximum Gasteiger partial charge on any atom is 0.254 e. The molecular formula is C13H17FN2O2. The summed E-state index contributed by atoms with van der Waals surface area (Å²) in [5.74, 6) is -0.778. The quantitative estimate of drug-likeness (QED) is 0.771. The van der Waals surface area contributed by atoms with Crippen LogP contribution in [0.1, 0.15) is 30.1 Å². The van der Waals surface area contributed by atoms with Crippen LogP contribution in [0.25, 0.3) is 0 Å². The summed E-state index contributed by atoms with van der Waals surface area (Å²) >= 11 is 0. The van der Waals surface area contributed by atoms with Crippen molar-refractivity contribution in [3.63, 3.8) is 0 Å². The third-order valence-corrected chi connectivity index (χ3v) is 3.04. The Balaban J connectivity index is 2.04. The number of halogens is 1. The Morgan fingerprint density at radius 3 is 3.22 bits per heavy atom. The van der Waals surface area contributed by atoms with E-state index in [1.165, 1.54) is 18.3 Å². The summed E-state index contributed by atoms with van der Waals surface area (Å²) in [6.45, 7) is 3.87. The molecule has 5 heteroatoms. The molecule has 4 nitrogen and oxygen atoms in total. The van der Waals surface area contributed by atoms with E-state index in [9.17, 15) is 9.18 Å². The van der Waals surface area contributed by atoms with Crippen LogP contribution in [-0.4, -0.2) is 41.6 Å². The van der Waals surface area contributed by atoms with Gasteiger partial charge in [-0.2, -0.15) is 4.39 Å². The van der Waals surface area contributed by atoms with E-state index < -0.39 is 5.95 Å². The monoisotopic (exact) mass is 252 g/mol. The van der Waals surface area contributed by atoms with E-state index in [0.29, 0.717) is 25.3 Å². The smallest absolute Gasteiger partial charge is 0.254 e. The molecule has 0 saturated carbocycles. The normalized spacial score (nSPS) is 19.9. The van der Waals surface area contributed by atoms with Crippen LogP contribution in [-0.2, 0) is 4.74 Å². The van der Waals surface area contributed by atoms with Gasteiger partial charge >= 0.3 is 0 Å². The topological polar surface area (TPSA) is 42.4 Å². The molecule has 2 rings (SSSR count). The lowest BCUT2D eigenvalue weighted by molar-refractivity contribution is 0.00722. The van der Waals surface area contributed by atoms with E-state index in [1.54, 1.807) is 4.90 Å². The van der Waals surface area contributed by atoms with Gasteiger partial charge in [-0.3, -0.25) is 4.79 Å². The van der Waals surface area contributed by atoms with Gasteiger partial charge in [0.15, 0.2) is 0 Å². The Kier molecular flexibility index (Phi) is 4.25. The summed E-state index contributed by atoms with van der Waals surface area (Å²) in [4.78, 5) is 17.3. The Hall–Kier alpha value is -1.49. The average Bonchev–Trinajstić information content (AvgIpc) is 2.39. The molecule has 1 atom stereocenters. The molecule has 1 aromatic heterocycles. The van der Waals surface area contributed by atoms with Crippen LogP contribution >= 0.6 is 0 Å². The molecule has 2 heterocycles. The number of ether oxygens (including phenoxy) is 1. The first-order valence-electron chi connectivity index (χ1n) is 6.23. The number of hydrogen-bond acceptors (Lipinski definition) is 3. The summed E-state index contributed by atoms with van der Waals surface area (Å²) in [7, 11) is 0. The minimum Gasteiger partial charge on any atom is -0.377 e. The number of carbonyl (C=O) groups is 1. The zero-order valence-corrected chi connectivity index (χ0v) is 10.4. The molecule has 18 heavy (non-hydrogen) atoms. The van der Waals surface area contributed by atoms with Crippen molar-refractivity contribution in [2.24, 2.45) is 0 Å². The van der Waals surface area contributed by atoms with E-state index in [1.807, 2.05) is 6.92 Å². The van der Waals surface area contributed by atoms with Crippen molar-refractivity contribution in [2.45, 2.75) is 25.9 Å². The lowest BCUT2D eigenvalue weighted by Crippen LogP contribution is -2.43. The Morgan fingerprint density at radius 1 is 1.67 bits per heavy atom. The van der Waals surface area contributed by atoms with Crippen molar-refractivity contribution in [1.29, 1.82) is 0 Å². The van der Waals surface area contributed by atoms with E-state index in [4.69, 9.17) is 4.74 Å². The molecule has 1 saturated heterocycles. The highest BCUT2D eigenvalue weighted by Gasteiger charge is 2.24. The fraction of sp³-hybridized carbons (Fsp3) is 0.538. The molecule has 0 spiro atoms. The van der Waals surface area contributed by atoms with Crippen molar-refractivity contribution in [2.75, 3.05) is 19.7 Å². The minimum atomic E-state index is -0.626. The number of nitrogens with zero attached hydrogens (tertiary/aromatic N) is 2. The summed E-state index contributed by atoms with van der Waals surface area (Å²) in [5.41, 5.74) is 0.347. The van der Waals surface area contributed by atoms with Crippen LogP contribution in [0.2, 0.25) is 0 Å². The number of aromatic nitrogens is 1. The van der Waals surface area contributed by atoms with Gasteiger partial charge in [-0.1, -0.05) is 0 Å². The number of amides is 1. The van der Waals surface area contributed by atoms with Crippen LogP contribution in [0.3, 0.4) is 0 Å². The molecule has 1 fully saturated rings. The zero-order chi connectivity index (χ0) is 13.0. The highest BCUT2D eigenvalue weighted by Crippen LogP contribution is 2.16. The lowest BCUT2D eigenvalue weighted by Gasteiger charge is -2.32. The molecule has 0 aromatic carbocycles. The molecule has 1 aliphatic heterocycles. The number of likely N-dealkylation sites (tertiary alicyclic amines) is 1. The number of pyridine rings is 1. The fourth-order valence-electron chi connectivity index (χ4n) is 2.21. The second-order valence-corrected chi connectivity index (χ2v) is 4.34. The predicted octanol–water partition coefficient (Wildman–Crippen LogP) is 1.86. The summed E-state index contributed by atoms with van der Waals surface area (Å²) < 4.78 is 18.5. The maximum atomic E-state index is 13.0. The second-order valence-electron chi connectivity index (χ2n) is 4.34. The molecule has 1 aromatic rings. The van der Waals surface area contributed by atoms with Crippen molar-refractivity contribution < 1.29 is 13.9 Å². The van der Waals surface area contributed by atoms with Gasteiger partial charge in [-0.25, -0.2) is 4.98 Å². The van der Waals surface area contributed by atoms with Crippen molar-refractivity contribution in [3.05, 3.63) is 29.8 Å². The van der Waals surface area contributed by atoms with Crippen molar-refractivity contribution >= 4 is 5.91 Å². The van der Waals surface area contributed by atoms with Crippen molar-refractivity contribution in [1.82, 2.24) is 9.88 Å². The average molecular weight is 252 g/mol. The summed E-state index contributed by atoms with van der Waals surface area (Å²) in [6, 6.07) is 2.71. The highest BCUT2D eigenvalue weighted by atomic mass is 19.1. The number of rotatable bonds is 3. The second kappa shape index (κ2) is 5.91. The molecule has 98 valence electrons. The summed E-state index contributed by atoms with van der Waals surface area (Å²) in [5, 5.41) is 0. The highest BCUT2D eigenvalue weighted by molar-refractivity contribution is 5.94. The van der Waals surface area contributed by atoms with Gasteiger partial charge in [0.05, 0.1) is 6.10 Å². The molecule has 0 N–H and O–H groups in total. The number of hydrogen-bond donors (Lipinski definition) is 0. The van der Waals surface area contributed by atoms with E-state index in [-0.39, 0.29) is 12.0 Å². The largest absolute Gasteiger partial charge is 0.377 e. The molecule has 1 unspecified atom stereocenters. The van der Waals surface area contributed by atoms with Gasteiger partial charge in [0, 0.05) is 37.5 Å². The van der Waals surface area contributed by atoms with Gasteiger partial charge in [-0.15, -0.1) is 0 Å². The Labute approximate surface area is 106 Å². The van der Waals surface area contributed by atoms with Crippen LogP contribution < -0.4 is 0 Å². The maximum absolute atomic E-state index is 13.0. The SMILES string of the molecule is CCOC1CCCN(C(=O)c2ccnc(F)c2)C1. The fourth-order valence-corrected chi connectivity index (χ4v) is 2.21. The third-order valence-electron chi connectivity index (χ3n) is 3.04. The van der Waals surface area contributed by atoms with Gasteiger partial charge in [-0.05, 0) is 25.8 Å². The Morgan fingerprint density at radius 2 is 2.50 bits per heavy atom. The summed E-state index contributed by atoms with van der Waals surface area (Å²) in [6.07, 6.45) is 3.30. The van der Waals surface area contributed by atoms with Crippen LogP contribution in [0.5, 0.6) is 0 Å². The number of carbonyl (C=O) groups excluding carboxylic acids is 1. The molecule has 1 amide bonds. The third kappa shape index (κ3) is 3.04. The minimum absolute atomic E-state index is 0.0967. The first kappa shape index (κ1) is 13.0. The van der Waals surface area contributed by atoms with E-state index in [2.05, 4.69) is 4.98 Å². The lowest BCUT2D eigenvalue weighted by atomic mass is 10.1. The molecule has 0 bridgehead atoms. The van der Waals surface area contributed by atoms with Crippen molar-refractivity contribution in [3.8, 4) is 0 Å². The number of piperidine rings is 1. The molecule has 0 aliphatic carbocycles. The molecule has 1 aliphatic rings. The van der Waals surface area contributed by atoms with Gasteiger partial charge in [0.2, 0.25) is 5.95 Å². The van der Waals surface area contributed by atoms with Crippen LogP contribution in [0, 0.1) is 5.95 Å².